The second-order valence-corrected chi connectivity index (χ2v) is 13.1. The maximum atomic E-state index is 11.4. The van der Waals surface area contributed by atoms with Gasteiger partial charge in [0.05, 0.1) is 7.11 Å². The largest absolute Gasteiger partial charge is 1.00 e. The van der Waals surface area contributed by atoms with Crippen molar-refractivity contribution in [2.75, 3.05) is 20.2 Å². The first-order valence-electron chi connectivity index (χ1n) is 20.0. The van der Waals surface area contributed by atoms with Crippen LogP contribution in [0.25, 0.3) is 0 Å². The van der Waals surface area contributed by atoms with Gasteiger partial charge >= 0.3 is 35.5 Å². The number of amides is 2. The number of methoxy groups -OCH3 is 1. The summed E-state index contributed by atoms with van der Waals surface area (Å²) >= 11 is 0. The van der Waals surface area contributed by atoms with Crippen molar-refractivity contribution in [1.29, 1.82) is 0 Å². The van der Waals surface area contributed by atoms with E-state index in [1.165, 1.54) is 71.3 Å². The van der Waals surface area contributed by atoms with Crippen LogP contribution in [0.4, 0.5) is 0 Å². The number of hydrogen-bond acceptors (Lipinski definition) is 6. The number of carboxylic acids is 1. The molecule has 8 nitrogen and oxygen atoms in total. The van der Waals surface area contributed by atoms with E-state index < -0.39 is 5.97 Å². The third kappa shape index (κ3) is 48.5. The number of esters is 1. The van der Waals surface area contributed by atoms with E-state index in [1.807, 2.05) is 0 Å². The molecule has 0 aromatic rings. The summed E-state index contributed by atoms with van der Waals surface area (Å²) in [6.07, 6.45) is 38.0. The van der Waals surface area contributed by atoms with Gasteiger partial charge in [0, 0.05) is 38.3 Å². The summed E-state index contributed by atoms with van der Waals surface area (Å²) in [5.74, 6) is -0.648. The fraction of sp³-hybridized carbons (Fsp3) is 0.805. The second kappa shape index (κ2) is 45.4. The van der Waals surface area contributed by atoms with Crippen molar-refractivity contribution in [1.82, 2.24) is 10.6 Å². The van der Waals surface area contributed by atoms with Crippen LogP contribution in [0.5, 0.6) is 0 Å². The molecule has 0 saturated carbocycles. The molecule has 2 amide bonds. The number of rotatable bonds is 34. The van der Waals surface area contributed by atoms with Gasteiger partial charge in [-0.25, -0.2) is 0 Å². The fourth-order valence-electron chi connectivity index (χ4n) is 5.21. The molecule has 0 atom stereocenters. The fourth-order valence-corrected chi connectivity index (χ4v) is 5.21. The van der Waals surface area contributed by atoms with Crippen LogP contribution >= 0.6 is 0 Å². The summed E-state index contributed by atoms with van der Waals surface area (Å²) in [7, 11) is 1.45. The maximum Gasteiger partial charge on any atom is 1.00 e. The Kier molecular flexibility index (Phi) is 47.8. The van der Waals surface area contributed by atoms with E-state index in [-0.39, 0.29) is 53.8 Å². The van der Waals surface area contributed by atoms with E-state index in [4.69, 9.17) is 0 Å². The van der Waals surface area contributed by atoms with Gasteiger partial charge in [0.25, 0.3) is 0 Å². The Bertz CT molecular complexity index is 834. The molecule has 50 heavy (non-hydrogen) atoms. The molecule has 0 rings (SSSR count). The number of allylic oxidation sites excluding steroid dienone is 4. The Morgan fingerprint density at radius 2 is 0.780 bits per heavy atom. The number of carbonyl (C=O) groups is 4. The molecular weight excluding hydrogens is 639 g/mol. The molecule has 0 saturated heterocycles. The predicted octanol–water partition coefficient (Wildman–Crippen LogP) is 6.21. The van der Waals surface area contributed by atoms with Gasteiger partial charge < -0.3 is 25.3 Å². The monoisotopic (exact) mass is 715 g/mol. The van der Waals surface area contributed by atoms with E-state index in [1.54, 1.807) is 0 Å². The van der Waals surface area contributed by atoms with Crippen LogP contribution in [0.3, 0.4) is 0 Å². The van der Waals surface area contributed by atoms with Crippen molar-refractivity contribution in [3.8, 4) is 0 Å². The van der Waals surface area contributed by atoms with E-state index in [9.17, 15) is 24.3 Å². The molecular formula is C41H75N2NaO6. The molecule has 286 valence electrons. The maximum absolute atomic E-state index is 11.4. The summed E-state index contributed by atoms with van der Waals surface area (Å²) in [4.78, 5) is 44.0. The van der Waals surface area contributed by atoms with E-state index in [0.29, 0.717) is 19.3 Å². The molecule has 0 aliphatic carbocycles. The second-order valence-electron chi connectivity index (χ2n) is 13.1. The minimum absolute atomic E-state index is 0. The summed E-state index contributed by atoms with van der Waals surface area (Å²) in [6, 6.07) is 0. The van der Waals surface area contributed by atoms with Gasteiger partial charge in [0.1, 0.15) is 0 Å². The first-order valence-corrected chi connectivity index (χ1v) is 20.0. The third-order valence-electron chi connectivity index (χ3n) is 8.26. The topological polar surface area (TPSA) is 125 Å². The van der Waals surface area contributed by atoms with Gasteiger partial charge in [0.15, 0.2) is 0 Å². The van der Waals surface area contributed by atoms with Gasteiger partial charge in [-0.05, 0) is 96.3 Å². The van der Waals surface area contributed by atoms with Crippen molar-refractivity contribution in [2.24, 2.45) is 0 Å². The van der Waals surface area contributed by atoms with Crippen LogP contribution in [0.15, 0.2) is 24.3 Å². The summed E-state index contributed by atoms with van der Waals surface area (Å²) in [5.41, 5.74) is 0. The number of ether oxygens (including phenoxy) is 1. The minimum atomic E-state index is -0.929. The minimum Gasteiger partial charge on any atom is -0.550 e. The molecule has 0 aliphatic rings. The SMILES string of the molecule is CCCNC(=O)CCCC/C=C\CCCCCCCCCC(=O)OC.CCCNC(=O)CCCC/C=C\CCCCCCCCCC(=O)[O-].[Na+]. The Hall–Kier alpha value is -1.64. The number of aliphatic carboxylic acids is 1. The molecule has 2 N–H and O–H groups in total. The average Bonchev–Trinajstić information content (AvgIpc) is 3.09. The summed E-state index contributed by atoms with van der Waals surface area (Å²) < 4.78 is 4.62. The first kappa shape index (κ1) is 52.7. The van der Waals surface area contributed by atoms with Crippen LogP contribution < -0.4 is 45.3 Å². The van der Waals surface area contributed by atoms with Gasteiger partial charge in [-0.3, -0.25) is 14.4 Å². The van der Waals surface area contributed by atoms with Crippen molar-refractivity contribution in [3.63, 3.8) is 0 Å². The number of carboxylic acid groups (broad SMARTS) is 1. The van der Waals surface area contributed by atoms with Crippen LogP contribution in [-0.2, 0) is 23.9 Å². The summed E-state index contributed by atoms with van der Waals surface area (Å²) in [5, 5.41) is 16.1. The standard InChI is InChI=1S/C21H39NO3.C20H37NO3.Na/c1-3-19-22-20(23)17-15-13-11-9-7-5-4-6-8-10-12-14-16-18-21(24)25-2;1-2-18-21-19(22)16-14-12-10-8-6-4-3-5-7-9-11-13-15-17-20(23)24;/h7,9H,3-6,8,10-19H2,1-2H3,(H,22,23);6,8H,2-5,7,9-18H2,1H3,(H,21,22)(H,23,24);/q;;+1/p-1/b9-7-;8-6-;. The average molecular weight is 715 g/mol. The Labute approximate surface area is 329 Å². The Morgan fingerprint density at radius 3 is 1.12 bits per heavy atom. The van der Waals surface area contributed by atoms with Gasteiger partial charge in [0.2, 0.25) is 11.8 Å². The van der Waals surface area contributed by atoms with Crippen LogP contribution in [0.2, 0.25) is 0 Å². The number of hydrogen-bond donors (Lipinski definition) is 2. The van der Waals surface area contributed by atoms with E-state index in [2.05, 4.69) is 53.5 Å². The van der Waals surface area contributed by atoms with Gasteiger partial charge in [-0.2, -0.15) is 0 Å². The number of nitrogens with one attached hydrogen (secondary N) is 2. The van der Waals surface area contributed by atoms with Crippen LogP contribution in [-0.4, -0.2) is 44.0 Å². The number of carbonyl (C=O) groups excluding carboxylic acids is 4. The van der Waals surface area contributed by atoms with Crippen LogP contribution in [0.1, 0.15) is 194 Å². The van der Waals surface area contributed by atoms with E-state index >= 15 is 0 Å². The summed E-state index contributed by atoms with van der Waals surface area (Å²) in [6.45, 7) is 5.72. The van der Waals surface area contributed by atoms with Crippen molar-refractivity contribution in [2.45, 2.75) is 194 Å². The smallest absolute Gasteiger partial charge is 0.550 e. The van der Waals surface area contributed by atoms with Crippen molar-refractivity contribution >= 4 is 23.8 Å². The zero-order valence-electron chi connectivity index (χ0n) is 33.0. The number of unbranched alkanes of at least 4 members (excludes halogenated alkanes) is 18. The predicted molar refractivity (Wildman–Crippen MR) is 202 cm³/mol. The quantitative estimate of drug-likeness (QED) is 0.0354. The van der Waals surface area contributed by atoms with Gasteiger partial charge in [-0.15, -0.1) is 0 Å². The molecule has 0 aromatic heterocycles. The molecule has 9 heteroatoms. The van der Waals surface area contributed by atoms with Crippen molar-refractivity contribution < 1.29 is 58.6 Å². The zero-order chi connectivity index (χ0) is 36.5. The molecule has 0 radical (unpaired) electrons. The molecule has 0 spiro atoms. The molecule has 0 bridgehead atoms. The first-order chi connectivity index (χ1) is 23.9. The molecule has 0 aromatic carbocycles. The van der Waals surface area contributed by atoms with Crippen LogP contribution in [0, 0.1) is 0 Å². The van der Waals surface area contributed by atoms with Crippen molar-refractivity contribution in [3.05, 3.63) is 24.3 Å². The molecule has 0 unspecified atom stereocenters. The zero-order valence-corrected chi connectivity index (χ0v) is 35.0. The molecule has 0 fully saturated rings. The normalized spacial score (nSPS) is 10.8. The molecule has 0 aliphatic heterocycles. The molecule has 0 heterocycles. The third-order valence-corrected chi connectivity index (χ3v) is 8.26. The van der Waals surface area contributed by atoms with E-state index in [0.717, 1.165) is 103 Å². The Morgan fingerprint density at radius 1 is 0.480 bits per heavy atom. The van der Waals surface area contributed by atoms with Gasteiger partial charge in [-0.1, -0.05) is 102 Å². The Balaban J connectivity index is -0.000000867.